The van der Waals surface area contributed by atoms with E-state index in [1.807, 2.05) is 20.8 Å². The quantitative estimate of drug-likeness (QED) is 0.611. The van der Waals surface area contributed by atoms with E-state index >= 15 is 0 Å². The zero-order valence-corrected chi connectivity index (χ0v) is 7.09. The van der Waals surface area contributed by atoms with Crippen LogP contribution in [0.2, 0.25) is 0 Å². The minimum Gasteiger partial charge on any atom is -0.486 e. The van der Waals surface area contributed by atoms with Crippen LogP contribution in [-0.2, 0) is 0 Å². The van der Waals surface area contributed by atoms with Crippen molar-refractivity contribution in [2.45, 2.75) is 26.4 Å². The molecule has 0 aliphatic heterocycles. The van der Waals surface area contributed by atoms with Crippen molar-refractivity contribution in [3.8, 4) is 5.75 Å². The fourth-order valence-corrected chi connectivity index (χ4v) is 0.696. The van der Waals surface area contributed by atoms with Crippen LogP contribution >= 0.6 is 0 Å². The van der Waals surface area contributed by atoms with E-state index < -0.39 is 0 Å². The molecule has 2 nitrogen and oxygen atoms in total. The highest BCUT2D eigenvalue weighted by atomic mass is 16.5. The van der Waals surface area contributed by atoms with Crippen LogP contribution in [0.3, 0.4) is 0 Å². The molecule has 0 saturated heterocycles. The number of nitrogens with zero attached hydrogens (tertiary/aromatic N) is 1. The third kappa shape index (κ3) is 3.03. The van der Waals surface area contributed by atoms with Gasteiger partial charge in [0.15, 0.2) is 0 Å². The molecule has 1 heterocycles. The Morgan fingerprint density at radius 3 is 2.64 bits per heavy atom. The smallest absolute Gasteiger partial charge is 0.146 e. The molecule has 1 radical (unpaired) electrons. The Morgan fingerprint density at radius 1 is 1.45 bits per heavy atom. The van der Waals surface area contributed by atoms with Gasteiger partial charge in [0, 0.05) is 12.3 Å². The first kappa shape index (κ1) is 8.05. The topological polar surface area (TPSA) is 22.1 Å². The number of pyridine rings is 1. The first-order valence-corrected chi connectivity index (χ1v) is 3.59. The SMILES string of the molecule is CC(C)(C)Oc1[c]ccnc1. The van der Waals surface area contributed by atoms with E-state index in [1.165, 1.54) is 0 Å². The fourth-order valence-electron chi connectivity index (χ4n) is 0.696. The average molecular weight is 150 g/mol. The summed E-state index contributed by atoms with van der Waals surface area (Å²) in [5.41, 5.74) is -0.167. The number of aromatic nitrogens is 1. The van der Waals surface area contributed by atoms with Crippen LogP contribution < -0.4 is 4.74 Å². The molecule has 2 heteroatoms. The summed E-state index contributed by atoms with van der Waals surface area (Å²) in [7, 11) is 0. The van der Waals surface area contributed by atoms with Gasteiger partial charge in [-0.05, 0) is 26.8 Å². The molecule has 0 atom stereocenters. The largest absolute Gasteiger partial charge is 0.486 e. The summed E-state index contributed by atoms with van der Waals surface area (Å²) in [4.78, 5) is 3.91. The van der Waals surface area contributed by atoms with Gasteiger partial charge in [-0.15, -0.1) is 0 Å². The van der Waals surface area contributed by atoms with Crippen molar-refractivity contribution >= 4 is 0 Å². The lowest BCUT2D eigenvalue weighted by Crippen LogP contribution is -2.22. The molecule has 1 aromatic heterocycles. The maximum atomic E-state index is 5.48. The van der Waals surface area contributed by atoms with Crippen LogP contribution in [0.15, 0.2) is 18.5 Å². The lowest BCUT2D eigenvalue weighted by Gasteiger charge is -2.20. The fraction of sp³-hybridized carbons (Fsp3) is 0.444. The minimum atomic E-state index is -0.167. The zero-order valence-electron chi connectivity index (χ0n) is 7.09. The molecule has 0 spiro atoms. The molecule has 0 fully saturated rings. The van der Waals surface area contributed by atoms with E-state index in [-0.39, 0.29) is 5.60 Å². The van der Waals surface area contributed by atoms with Gasteiger partial charge < -0.3 is 4.74 Å². The van der Waals surface area contributed by atoms with Gasteiger partial charge in [0.1, 0.15) is 11.4 Å². The van der Waals surface area contributed by atoms with Crippen molar-refractivity contribution < 1.29 is 4.74 Å². The van der Waals surface area contributed by atoms with Crippen LogP contribution in [0, 0.1) is 6.07 Å². The van der Waals surface area contributed by atoms with Crippen molar-refractivity contribution in [3.05, 3.63) is 24.5 Å². The minimum absolute atomic E-state index is 0.167. The molecule has 0 aromatic carbocycles. The second-order valence-electron chi connectivity index (χ2n) is 3.32. The third-order valence-corrected chi connectivity index (χ3v) is 0.994. The van der Waals surface area contributed by atoms with Crippen molar-refractivity contribution in [1.29, 1.82) is 0 Å². The zero-order chi connectivity index (χ0) is 8.32. The maximum Gasteiger partial charge on any atom is 0.146 e. The molecule has 0 N–H and O–H groups in total. The summed E-state index contributed by atoms with van der Waals surface area (Å²) in [5.74, 6) is 0.694. The molecule has 11 heavy (non-hydrogen) atoms. The van der Waals surface area contributed by atoms with Crippen LogP contribution in [0.4, 0.5) is 0 Å². The highest BCUT2D eigenvalue weighted by Gasteiger charge is 2.10. The number of hydrogen-bond acceptors (Lipinski definition) is 2. The first-order chi connectivity index (χ1) is 5.08. The lowest BCUT2D eigenvalue weighted by molar-refractivity contribution is 0.130. The summed E-state index contributed by atoms with van der Waals surface area (Å²) < 4.78 is 5.48. The molecule has 0 amide bonds. The van der Waals surface area contributed by atoms with Crippen molar-refractivity contribution in [2.75, 3.05) is 0 Å². The third-order valence-electron chi connectivity index (χ3n) is 0.994. The highest BCUT2D eigenvalue weighted by molar-refractivity contribution is 5.14. The number of rotatable bonds is 1. The summed E-state index contributed by atoms with van der Waals surface area (Å²) in [6.45, 7) is 5.98. The highest BCUT2D eigenvalue weighted by Crippen LogP contribution is 2.14. The normalized spacial score (nSPS) is 11.2. The van der Waals surface area contributed by atoms with E-state index in [0.29, 0.717) is 5.75 Å². The first-order valence-electron chi connectivity index (χ1n) is 3.59. The predicted molar refractivity (Wildman–Crippen MR) is 43.5 cm³/mol. The second-order valence-corrected chi connectivity index (χ2v) is 3.32. The second kappa shape index (κ2) is 2.91. The summed E-state index contributed by atoms with van der Waals surface area (Å²) in [5, 5.41) is 0. The molecular weight excluding hydrogens is 138 g/mol. The van der Waals surface area contributed by atoms with Crippen LogP contribution in [0.25, 0.3) is 0 Å². The molecule has 1 rings (SSSR count). The Morgan fingerprint density at radius 2 is 2.18 bits per heavy atom. The molecule has 0 unspecified atom stereocenters. The lowest BCUT2D eigenvalue weighted by atomic mass is 10.2. The molecule has 0 aliphatic carbocycles. The van der Waals surface area contributed by atoms with Gasteiger partial charge in [0.2, 0.25) is 0 Å². The van der Waals surface area contributed by atoms with Crippen molar-refractivity contribution in [3.63, 3.8) is 0 Å². The molecule has 0 saturated carbocycles. The van der Waals surface area contributed by atoms with Crippen LogP contribution in [0.1, 0.15) is 20.8 Å². The molecule has 0 bridgehead atoms. The van der Waals surface area contributed by atoms with E-state index in [0.717, 1.165) is 0 Å². The van der Waals surface area contributed by atoms with E-state index in [9.17, 15) is 0 Å². The number of ether oxygens (including phenoxy) is 1. The van der Waals surface area contributed by atoms with Gasteiger partial charge in [-0.2, -0.15) is 0 Å². The van der Waals surface area contributed by atoms with Crippen LogP contribution in [0.5, 0.6) is 5.75 Å². The van der Waals surface area contributed by atoms with Crippen LogP contribution in [-0.4, -0.2) is 10.6 Å². The standard InChI is InChI=1S/C9H12NO/c1-9(2,3)11-8-5-4-6-10-7-8/h4,6-7H,1-3H3. The monoisotopic (exact) mass is 150 g/mol. The Bertz CT molecular complexity index is 213. The molecule has 1 aromatic rings. The maximum absolute atomic E-state index is 5.48. The van der Waals surface area contributed by atoms with Gasteiger partial charge in [-0.25, -0.2) is 0 Å². The van der Waals surface area contributed by atoms with Gasteiger partial charge in [0.05, 0.1) is 6.20 Å². The van der Waals surface area contributed by atoms with Gasteiger partial charge in [0.25, 0.3) is 0 Å². The van der Waals surface area contributed by atoms with Gasteiger partial charge in [-0.3, -0.25) is 4.98 Å². The average Bonchev–Trinajstić information content (AvgIpc) is 1.85. The Hall–Kier alpha value is -1.05. The Labute approximate surface area is 67.2 Å². The Kier molecular flexibility index (Phi) is 2.13. The van der Waals surface area contributed by atoms with E-state index in [2.05, 4.69) is 11.1 Å². The van der Waals surface area contributed by atoms with E-state index in [4.69, 9.17) is 4.74 Å². The van der Waals surface area contributed by atoms with E-state index in [1.54, 1.807) is 18.5 Å². The van der Waals surface area contributed by atoms with Crippen molar-refractivity contribution in [1.82, 2.24) is 4.98 Å². The number of hydrogen-bond donors (Lipinski definition) is 0. The molecular formula is C9H12NO. The summed E-state index contributed by atoms with van der Waals surface area (Å²) in [6, 6.07) is 4.68. The molecule has 59 valence electrons. The Balaban J connectivity index is 2.66. The van der Waals surface area contributed by atoms with Gasteiger partial charge in [-0.1, -0.05) is 0 Å². The van der Waals surface area contributed by atoms with Gasteiger partial charge >= 0.3 is 0 Å². The van der Waals surface area contributed by atoms with Crippen molar-refractivity contribution in [2.24, 2.45) is 0 Å². The summed E-state index contributed by atoms with van der Waals surface area (Å²) in [6.07, 6.45) is 3.33. The summed E-state index contributed by atoms with van der Waals surface area (Å²) >= 11 is 0. The predicted octanol–water partition coefficient (Wildman–Crippen LogP) is 2.06. The molecule has 0 aliphatic rings.